The molecular formula is C16H32O3. The molecule has 0 aromatic rings. The second-order valence-electron chi connectivity index (χ2n) is 5.34. The van der Waals surface area contributed by atoms with Crippen molar-refractivity contribution >= 4 is 5.97 Å². The van der Waals surface area contributed by atoms with Crippen LogP contribution in [0.4, 0.5) is 0 Å². The van der Waals surface area contributed by atoms with E-state index < -0.39 is 5.97 Å². The third-order valence-electron chi connectivity index (χ3n) is 3.41. The summed E-state index contributed by atoms with van der Waals surface area (Å²) in [6.45, 7) is 5.14. The van der Waals surface area contributed by atoms with E-state index in [1.54, 1.807) is 0 Å². The lowest BCUT2D eigenvalue weighted by atomic mass is 10.0. The van der Waals surface area contributed by atoms with Gasteiger partial charge in [-0.3, -0.25) is 4.79 Å². The van der Waals surface area contributed by atoms with Crippen LogP contribution in [0.5, 0.6) is 0 Å². The normalized spacial score (nSPS) is 12.5. The number of ether oxygens (including phenoxy) is 1. The van der Waals surface area contributed by atoms with Crippen LogP contribution in [0.1, 0.15) is 84.5 Å². The fourth-order valence-corrected chi connectivity index (χ4v) is 2.14. The van der Waals surface area contributed by atoms with Crippen LogP contribution in [0.15, 0.2) is 0 Å². The molecule has 0 radical (unpaired) electrons. The van der Waals surface area contributed by atoms with Crippen LogP contribution < -0.4 is 0 Å². The van der Waals surface area contributed by atoms with Crippen LogP contribution in [-0.4, -0.2) is 23.8 Å². The highest BCUT2D eigenvalue weighted by Gasteiger charge is 2.11. The van der Waals surface area contributed by atoms with Gasteiger partial charge in [0.15, 0.2) is 0 Å². The van der Waals surface area contributed by atoms with Gasteiger partial charge in [-0.1, -0.05) is 58.8 Å². The average molecular weight is 272 g/mol. The maximum atomic E-state index is 10.6. The molecule has 1 atom stereocenters. The van der Waals surface area contributed by atoms with Crippen molar-refractivity contribution in [3.8, 4) is 0 Å². The van der Waals surface area contributed by atoms with Gasteiger partial charge in [-0.25, -0.2) is 0 Å². The Hall–Kier alpha value is -0.570. The Morgan fingerprint density at radius 3 is 2.21 bits per heavy atom. The van der Waals surface area contributed by atoms with E-state index in [1.165, 1.54) is 38.5 Å². The first-order valence-electron chi connectivity index (χ1n) is 8.04. The Balaban J connectivity index is 3.67. The van der Waals surface area contributed by atoms with Crippen molar-refractivity contribution < 1.29 is 14.6 Å². The van der Waals surface area contributed by atoms with Crippen molar-refractivity contribution in [1.29, 1.82) is 0 Å². The van der Waals surface area contributed by atoms with Gasteiger partial charge in [-0.05, 0) is 19.3 Å². The minimum absolute atomic E-state index is 0.147. The lowest BCUT2D eigenvalue weighted by Crippen LogP contribution is -2.15. The van der Waals surface area contributed by atoms with Gasteiger partial charge in [0.1, 0.15) is 0 Å². The van der Waals surface area contributed by atoms with Gasteiger partial charge in [-0.15, -0.1) is 0 Å². The van der Waals surface area contributed by atoms with Crippen LogP contribution in [0, 0.1) is 0 Å². The standard InChI is InChI=1S/C16H32O3/c1-3-5-7-8-9-10-11-15(12-13-16(17)18)19-14-6-4-2/h15H,3-14H2,1-2H3,(H,17,18). The molecule has 0 bridgehead atoms. The fraction of sp³-hybridized carbons (Fsp3) is 0.938. The Morgan fingerprint density at radius 2 is 1.58 bits per heavy atom. The highest BCUT2D eigenvalue weighted by molar-refractivity contribution is 5.66. The van der Waals surface area contributed by atoms with E-state index in [9.17, 15) is 4.79 Å². The average Bonchev–Trinajstić information content (AvgIpc) is 2.39. The lowest BCUT2D eigenvalue weighted by Gasteiger charge is -2.17. The van der Waals surface area contributed by atoms with E-state index in [0.29, 0.717) is 6.42 Å². The van der Waals surface area contributed by atoms with Crippen molar-refractivity contribution in [3.63, 3.8) is 0 Å². The van der Waals surface area contributed by atoms with Crippen molar-refractivity contribution in [2.45, 2.75) is 90.6 Å². The highest BCUT2D eigenvalue weighted by Crippen LogP contribution is 2.14. The van der Waals surface area contributed by atoms with Gasteiger partial charge in [0.25, 0.3) is 0 Å². The Morgan fingerprint density at radius 1 is 0.947 bits per heavy atom. The molecular weight excluding hydrogens is 240 g/mol. The number of hydrogen-bond acceptors (Lipinski definition) is 2. The number of unbranched alkanes of at least 4 members (excludes halogenated alkanes) is 6. The minimum Gasteiger partial charge on any atom is -0.481 e. The Bertz CT molecular complexity index is 204. The smallest absolute Gasteiger partial charge is 0.303 e. The summed E-state index contributed by atoms with van der Waals surface area (Å²) in [5, 5.41) is 8.75. The van der Waals surface area contributed by atoms with Crippen molar-refractivity contribution in [2.75, 3.05) is 6.61 Å². The molecule has 0 aromatic heterocycles. The molecule has 1 N–H and O–H groups in total. The number of hydrogen-bond donors (Lipinski definition) is 1. The molecule has 0 aliphatic rings. The summed E-state index contributed by atoms with van der Waals surface area (Å²) in [4.78, 5) is 10.6. The molecule has 3 heteroatoms. The first-order valence-corrected chi connectivity index (χ1v) is 8.04. The topological polar surface area (TPSA) is 46.5 Å². The second kappa shape index (κ2) is 13.9. The quantitative estimate of drug-likeness (QED) is 0.463. The minimum atomic E-state index is -0.716. The maximum absolute atomic E-state index is 10.6. The SMILES string of the molecule is CCCCCCCCC(CCC(=O)O)OCCCC. The molecule has 0 rings (SSSR count). The second-order valence-corrected chi connectivity index (χ2v) is 5.34. The summed E-state index contributed by atoms with van der Waals surface area (Å²) in [6.07, 6.45) is 11.9. The summed E-state index contributed by atoms with van der Waals surface area (Å²) in [7, 11) is 0. The number of aliphatic carboxylic acids is 1. The summed E-state index contributed by atoms with van der Waals surface area (Å²) in [6, 6.07) is 0. The number of carboxylic acid groups (broad SMARTS) is 1. The third-order valence-corrected chi connectivity index (χ3v) is 3.41. The predicted octanol–water partition coefficient (Wildman–Crippen LogP) is 4.79. The van der Waals surface area contributed by atoms with Gasteiger partial charge < -0.3 is 9.84 Å². The molecule has 0 heterocycles. The zero-order valence-electron chi connectivity index (χ0n) is 12.8. The van der Waals surface area contributed by atoms with E-state index in [2.05, 4.69) is 13.8 Å². The van der Waals surface area contributed by atoms with E-state index >= 15 is 0 Å². The lowest BCUT2D eigenvalue weighted by molar-refractivity contribution is -0.137. The molecule has 1 unspecified atom stereocenters. The molecule has 0 amide bonds. The van der Waals surface area contributed by atoms with Crippen molar-refractivity contribution in [3.05, 3.63) is 0 Å². The van der Waals surface area contributed by atoms with Crippen molar-refractivity contribution in [2.24, 2.45) is 0 Å². The van der Waals surface area contributed by atoms with E-state index in [4.69, 9.17) is 9.84 Å². The summed E-state index contributed by atoms with van der Waals surface area (Å²) < 4.78 is 5.80. The van der Waals surface area contributed by atoms with Gasteiger partial charge in [0.2, 0.25) is 0 Å². The molecule has 0 fully saturated rings. The summed E-state index contributed by atoms with van der Waals surface area (Å²) in [5.41, 5.74) is 0. The number of carbonyl (C=O) groups is 1. The zero-order valence-corrected chi connectivity index (χ0v) is 12.8. The molecule has 0 saturated carbocycles. The number of rotatable bonds is 14. The largest absolute Gasteiger partial charge is 0.481 e. The molecule has 0 aliphatic carbocycles. The van der Waals surface area contributed by atoms with Crippen LogP contribution in [0.3, 0.4) is 0 Å². The molecule has 0 saturated heterocycles. The zero-order chi connectivity index (χ0) is 14.3. The number of carboxylic acids is 1. The van der Waals surface area contributed by atoms with Crippen LogP contribution >= 0.6 is 0 Å². The van der Waals surface area contributed by atoms with Crippen LogP contribution in [0.2, 0.25) is 0 Å². The van der Waals surface area contributed by atoms with Crippen LogP contribution in [0.25, 0.3) is 0 Å². The predicted molar refractivity (Wildman–Crippen MR) is 79.5 cm³/mol. The fourth-order valence-electron chi connectivity index (χ4n) is 2.14. The molecule has 19 heavy (non-hydrogen) atoms. The van der Waals surface area contributed by atoms with E-state index in [0.717, 1.165) is 25.9 Å². The summed E-state index contributed by atoms with van der Waals surface area (Å²) in [5.74, 6) is -0.716. The third kappa shape index (κ3) is 13.7. The van der Waals surface area contributed by atoms with Gasteiger partial charge in [0.05, 0.1) is 6.10 Å². The van der Waals surface area contributed by atoms with E-state index in [-0.39, 0.29) is 12.5 Å². The maximum Gasteiger partial charge on any atom is 0.303 e. The summed E-state index contributed by atoms with van der Waals surface area (Å²) >= 11 is 0. The van der Waals surface area contributed by atoms with E-state index in [1.807, 2.05) is 0 Å². The van der Waals surface area contributed by atoms with Gasteiger partial charge in [-0.2, -0.15) is 0 Å². The van der Waals surface area contributed by atoms with Crippen molar-refractivity contribution in [1.82, 2.24) is 0 Å². The molecule has 0 aliphatic heterocycles. The highest BCUT2D eigenvalue weighted by atomic mass is 16.5. The van der Waals surface area contributed by atoms with Gasteiger partial charge in [0, 0.05) is 13.0 Å². The Labute approximate surface area is 118 Å². The molecule has 3 nitrogen and oxygen atoms in total. The first-order chi connectivity index (χ1) is 9.20. The molecule has 0 spiro atoms. The van der Waals surface area contributed by atoms with Crippen LogP contribution in [-0.2, 0) is 9.53 Å². The Kier molecular flexibility index (Phi) is 13.4. The van der Waals surface area contributed by atoms with Gasteiger partial charge >= 0.3 is 5.97 Å². The molecule has 114 valence electrons. The first kappa shape index (κ1) is 18.4. The molecule has 0 aromatic carbocycles. The monoisotopic (exact) mass is 272 g/mol.